The molecule has 0 saturated carbocycles. The normalized spacial score (nSPS) is 13.5. The van der Waals surface area contributed by atoms with Crippen molar-refractivity contribution in [1.82, 2.24) is 5.32 Å². The van der Waals surface area contributed by atoms with Crippen LogP contribution in [0, 0.1) is 5.82 Å². The molecule has 1 aromatic heterocycles. The molecule has 3 N–H and O–H groups in total. The average Bonchev–Trinajstić information content (AvgIpc) is 2.95. The molecule has 1 atom stereocenters. The van der Waals surface area contributed by atoms with Gasteiger partial charge in [-0.3, -0.25) is 0 Å². The van der Waals surface area contributed by atoms with E-state index < -0.39 is 17.4 Å². The Morgan fingerprint density at radius 1 is 1.48 bits per heavy atom. The first-order valence-corrected chi connectivity index (χ1v) is 7.40. The van der Waals surface area contributed by atoms with Gasteiger partial charge in [0.2, 0.25) is 0 Å². The summed E-state index contributed by atoms with van der Waals surface area (Å²) in [5, 5.41) is 17.3. The number of hydrogen-bond donors (Lipinski definition) is 3. The summed E-state index contributed by atoms with van der Waals surface area (Å²) in [6, 6.07) is 6.77. The molecule has 0 fully saturated rings. The Kier molecular flexibility index (Phi) is 4.82. The molecule has 0 spiro atoms. The van der Waals surface area contributed by atoms with Gasteiger partial charge in [0.25, 0.3) is 0 Å². The number of aliphatic hydroxyl groups is 1. The third kappa shape index (κ3) is 4.17. The van der Waals surface area contributed by atoms with Crippen molar-refractivity contribution in [2.75, 3.05) is 11.9 Å². The van der Waals surface area contributed by atoms with Crippen LogP contribution in [0.2, 0.25) is 5.02 Å². The molecule has 0 radical (unpaired) electrons. The molecule has 1 aromatic carbocycles. The minimum Gasteiger partial charge on any atom is -0.383 e. The first kappa shape index (κ1) is 15.8. The summed E-state index contributed by atoms with van der Waals surface area (Å²) in [5.74, 6) is -0.480. The van der Waals surface area contributed by atoms with Crippen molar-refractivity contribution >= 4 is 34.7 Å². The standard InChI is InChI=1S/C14H14ClFN2O2S/c1-14(20,12-3-2-6-21-12)8-17-13(19)18-11-5-4-9(16)7-10(11)15/h2-7,20H,8H2,1H3,(H2,17,18,19). The van der Waals surface area contributed by atoms with E-state index in [0.29, 0.717) is 5.69 Å². The topological polar surface area (TPSA) is 61.4 Å². The Morgan fingerprint density at radius 2 is 2.24 bits per heavy atom. The lowest BCUT2D eigenvalue weighted by Gasteiger charge is -2.22. The Balaban J connectivity index is 1.93. The molecule has 0 aliphatic rings. The number of anilines is 1. The fourth-order valence-corrected chi connectivity index (χ4v) is 2.68. The SMILES string of the molecule is CC(O)(CNC(=O)Nc1ccc(F)cc1Cl)c1cccs1. The maximum Gasteiger partial charge on any atom is 0.319 e. The highest BCUT2D eigenvalue weighted by Gasteiger charge is 2.24. The molecule has 2 amide bonds. The van der Waals surface area contributed by atoms with E-state index in [9.17, 15) is 14.3 Å². The van der Waals surface area contributed by atoms with Crippen molar-refractivity contribution in [3.8, 4) is 0 Å². The molecule has 7 heteroatoms. The third-order valence-electron chi connectivity index (χ3n) is 2.82. The summed E-state index contributed by atoms with van der Waals surface area (Å²) in [6.07, 6.45) is 0. The molecule has 0 saturated heterocycles. The lowest BCUT2D eigenvalue weighted by Crippen LogP contribution is -2.40. The van der Waals surface area contributed by atoms with Crippen molar-refractivity contribution in [2.24, 2.45) is 0 Å². The molecule has 0 aliphatic heterocycles. The number of benzene rings is 1. The molecular weight excluding hydrogens is 315 g/mol. The van der Waals surface area contributed by atoms with Crippen LogP contribution in [0.4, 0.5) is 14.9 Å². The Bertz CT molecular complexity index is 632. The van der Waals surface area contributed by atoms with Crippen molar-refractivity contribution in [3.05, 3.63) is 51.4 Å². The number of carbonyl (C=O) groups excluding carboxylic acids is 1. The van der Waals surface area contributed by atoms with Gasteiger partial charge in [-0.2, -0.15) is 0 Å². The van der Waals surface area contributed by atoms with Gasteiger partial charge >= 0.3 is 6.03 Å². The highest BCUT2D eigenvalue weighted by molar-refractivity contribution is 7.10. The van der Waals surface area contributed by atoms with Crippen LogP contribution in [0.25, 0.3) is 0 Å². The fraction of sp³-hybridized carbons (Fsp3) is 0.214. The molecule has 2 rings (SSSR count). The lowest BCUT2D eigenvalue weighted by atomic mass is 10.1. The van der Waals surface area contributed by atoms with Crippen LogP contribution in [0.5, 0.6) is 0 Å². The third-order valence-corrected chi connectivity index (χ3v) is 4.26. The Labute approximate surface area is 130 Å². The summed E-state index contributed by atoms with van der Waals surface area (Å²) in [5.41, 5.74) is -0.857. The minimum atomic E-state index is -1.15. The maximum atomic E-state index is 12.9. The van der Waals surface area contributed by atoms with Crippen LogP contribution < -0.4 is 10.6 Å². The van der Waals surface area contributed by atoms with Crippen LogP contribution in [-0.4, -0.2) is 17.7 Å². The Hall–Kier alpha value is -1.63. The van der Waals surface area contributed by atoms with E-state index in [4.69, 9.17) is 11.6 Å². The van der Waals surface area contributed by atoms with E-state index in [-0.39, 0.29) is 11.6 Å². The van der Waals surface area contributed by atoms with Crippen molar-refractivity contribution in [3.63, 3.8) is 0 Å². The van der Waals surface area contributed by atoms with Crippen LogP contribution in [0.3, 0.4) is 0 Å². The number of carbonyl (C=O) groups is 1. The summed E-state index contributed by atoms with van der Waals surface area (Å²) in [4.78, 5) is 12.5. The second-order valence-electron chi connectivity index (χ2n) is 4.68. The van der Waals surface area contributed by atoms with Gasteiger partial charge in [-0.05, 0) is 36.6 Å². The van der Waals surface area contributed by atoms with Crippen molar-refractivity contribution < 1.29 is 14.3 Å². The van der Waals surface area contributed by atoms with Gasteiger partial charge in [0.15, 0.2) is 0 Å². The first-order valence-electron chi connectivity index (χ1n) is 6.15. The van der Waals surface area contributed by atoms with E-state index in [0.717, 1.165) is 10.9 Å². The molecule has 2 aromatic rings. The molecule has 0 bridgehead atoms. The van der Waals surface area contributed by atoms with Gasteiger partial charge < -0.3 is 15.7 Å². The monoisotopic (exact) mass is 328 g/mol. The molecule has 0 aliphatic carbocycles. The van der Waals surface area contributed by atoms with E-state index >= 15 is 0 Å². The highest BCUT2D eigenvalue weighted by Crippen LogP contribution is 2.25. The van der Waals surface area contributed by atoms with E-state index in [1.807, 2.05) is 11.4 Å². The van der Waals surface area contributed by atoms with E-state index in [1.165, 1.54) is 23.5 Å². The fourth-order valence-electron chi connectivity index (χ4n) is 1.68. The molecule has 1 heterocycles. The zero-order valence-electron chi connectivity index (χ0n) is 11.2. The predicted molar refractivity (Wildman–Crippen MR) is 82.3 cm³/mol. The molecule has 1 unspecified atom stereocenters. The smallest absolute Gasteiger partial charge is 0.319 e. The molecule has 112 valence electrons. The van der Waals surface area contributed by atoms with Gasteiger partial charge in [0.05, 0.1) is 17.3 Å². The summed E-state index contributed by atoms with van der Waals surface area (Å²) in [7, 11) is 0. The quantitative estimate of drug-likeness (QED) is 0.803. The number of amides is 2. The first-order chi connectivity index (χ1) is 9.88. The molecular formula is C14H14ClFN2O2S. The number of thiophene rings is 1. The summed E-state index contributed by atoms with van der Waals surface area (Å²) < 4.78 is 12.9. The number of halogens is 2. The van der Waals surface area contributed by atoms with Gasteiger partial charge in [0, 0.05) is 4.88 Å². The number of rotatable bonds is 4. The van der Waals surface area contributed by atoms with Crippen LogP contribution in [-0.2, 0) is 5.60 Å². The van der Waals surface area contributed by atoms with Crippen LogP contribution >= 0.6 is 22.9 Å². The Morgan fingerprint density at radius 3 is 2.86 bits per heavy atom. The van der Waals surface area contributed by atoms with Crippen LogP contribution in [0.1, 0.15) is 11.8 Å². The zero-order valence-corrected chi connectivity index (χ0v) is 12.8. The van der Waals surface area contributed by atoms with Crippen LogP contribution in [0.15, 0.2) is 35.7 Å². The average molecular weight is 329 g/mol. The van der Waals surface area contributed by atoms with Crippen molar-refractivity contribution in [2.45, 2.75) is 12.5 Å². The number of hydrogen-bond acceptors (Lipinski definition) is 3. The number of nitrogens with one attached hydrogen (secondary N) is 2. The largest absolute Gasteiger partial charge is 0.383 e. The van der Waals surface area contributed by atoms with Gasteiger partial charge in [-0.15, -0.1) is 11.3 Å². The predicted octanol–water partition coefficient (Wildman–Crippen LogP) is 3.57. The van der Waals surface area contributed by atoms with Gasteiger partial charge in [-0.25, -0.2) is 9.18 Å². The van der Waals surface area contributed by atoms with E-state index in [2.05, 4.69) is 10.6 Å². The zero-order chi connectivity index (χ0) is 15.5. The highest BCUT2D eigenvalue weighted by atomic mass is 35.5. The minimum absolute atomic E-state index is 0.0398. The van der Waals surface area contributed by atoms with E-state index in [1.54, 1.807) is 13.0 Å². The maximum absolute atomic E-state index is 12.9. The summed E-state index contributed by atoms with van der Waals surface area (Å²) >= 11 is 7.22. The summed E-state index contributed by atoms with van der Waals surface area (Å²) in [6.45, 7) is 1.65. The molecule has 21 heavy (non-hydrogen) atoms. The second-order valence-corrected chi connectivity index (χ2v) is 6.04. The molecule has 4 nitrogen and oxygen atoms in total. The van der Waals surface area contributed by atoms with Gasteiger partial charge in [-0.1, -0.05) is 17.7 Å². The van der Waals surface area contributed by atoms with Crippen molar-refractivity contribution in [1.29, 1.82) is 0 Å². The van der Waals surface area contributed by atoms with Gasteiger partial charge in [0.1, 0.15) is 11.4 Å². The lowest BCUT2D eigenvalue weighted by molar-refractivity contribution is 0.0637. The second kappa shape index (κ2) is 6.43. The number of urea groups is 1.